The average Bonchev–Trinajstić information content (AvgIpc) is 2.71. The van der Waals surface area contributed by atoms with Gasteiger partial charge >= 0.3 is 0 Å². The number of sulfonamides is 1. The second-order valence-electron chi connectivity index (χ2n) is 6.35. The molecule has 9 nitrogen and oxygen atoms in total. The molecule has 1 amide bonds. The van der Waals surface area contributed by atoms with E-state index in [1.807, 2.05) is 13.2 Å². The SMILES string of the molecule is CSCC[C@H](NS(=O)(=O)c1ccc(C)cc1)C(=O)N/N=C/c1ccc([N+](=O)[O-])cc1. The lowest BCUT2D eigenvalue weighted by Gasteiger charge is -2.17. The Morgan fingerprint density at radius 1 is 1.20 bits per heavy atom. The molecule has 30 heavy (non-hydrogen) atoms. The number of nitro benzene ring substituents is 1. The van der Waals surface area contributed by atoms with E-state index in [0.29, 0.717) is 11.3 Å². The van der Waals surface area contributed by atoms with Crippen molar-refractivity contribution in [2.24, 2.45) is 5.10 Å². The minimum Gasteiger partial charge on any atom is -0.271 e. The Morgan fingerprint density at radius 2 is 1.83 bits per heavy atom. The summed E-state index contributed by atoms with van der Waals surface area (Å²) in [7, 11) is -3.88. The average molecular weight is 451 g/mol. The number of hydrogen-bond donors (Lipinski definition) is 2. The van der Waals surface area contributed by atoms with Gasteiger partial charge in [0.05, 0.1) is 16.0 Å². The number of benzene rings is 2. The Labute approximate surface area is 179 Å². The van der Waals surface area contributed by atoms with Gasteiger partial charge in [0.2, 0.25) is 10.0 Å². The van der Waals surface area contributed by atoms with Crippen LogP contribution in [0.1, 0.15) is 17.5 Å². The quantitative estimate of drug-likeness (QED) is 0.325. The zero-order valence-electron chi connectivity index (χ0n) is 16.4. The second-order valence-corrected chi connectivity index (χ2v) is 9.05. The molecule has 0 saturated heterocycles. The summed E-state index contributed by atoms with van der Waals surface area (Å²) < 4.78 is 27.7. The van der Waals surface area contributed by atoms with Gasteiger partial charge in [-0.15, -0.1) is 0 Å². The molecule has 0 bridgehead atoms. The molecule has 1 atom stereocenters. The lowest BCUT2D eigenvalue weighted by Crippen LogP contribution is -2.45. The van der Waals surface area contributed by atoms with Gasteiger partial charge in [0.1, 0.15) is 6.04 Å². The molecule has 0 aliphatic heterocycles. The van der Waals surface area contributed by atoms with E-state index in [0.717, 1.165) is 5.56 Å². The van der Waals surface area contributed by atoms with Crippen LogP contribution in [0.3, 0.4) is 0 Å². The first-order valence-corrected chi connectivity index (χ1v) is 11.8. The topological polar surface area (TPSA) is 131 Å². The summed E-state index contributed by atoms with van der Waals surface area (Å²) >= 11 is 1.49. The predicted octanol–water partition coefficient (Wildman–Crippen LogP) is 2.45. The number of aryl methyl sites for hydroxylation is 1. The Kier molecular flexibility index (Phi) is 8.51. The van der Waals surface area contributed by atoms with E-state index in [9.17, 15) is 23.3 Å². The van der Waals surface area contributed by atoms with Crippen molar-refractivity contribution in [1.29, 1.82) is 0 Å². The molecule has 2 aromatic carbocycles. The first-order chi connectivity index (χ1) is 14.2. The summed E-state index contributed by atoms with van der Waals surface area (Å²) in [5.41, 5.74) is 3.73. The standard InChI is InChI=1S/C19H22N4O5S2/c1-14-3-9-17(10-4-14)30(27,28)22-18(11-12-29-2)19(24)21-20-13-15-5-7-16(8-6-15)23(25)26/h3-10,13,18,22H,11-12H2,1-2H3,(H,21,24)/b20-13+/t18-/m0/s1. The van der Waals surface area contributed by atoms with Gasteiger partial charge in [-0.05, 0) is 55.2 Å². The smallest absolute Gasteiger partial charge is 0.269 e. The van der Waals surface area contributed by atoms with Gasteiger partial charge < -0.3 is 0 Å². The number of rotatable bonds is 10. The normalized spacial score (nSPS) is 12.6. The molecule has 0 heterocycles. The zero-order valence-corrected chi connectivity index (χ0v) is 18.1. The number of thioether (sulfide) groups is 1. The van der Waals surface area contributed by atoms with Crippen LogP contribution in [-0.4, -0.2) is 43.5 Å². The highest BCUT2D eigenvalue weighted by molar-refractivity contribution is 7.98. The molecule has 0 radical (unpaired) electrons. The number of non-ortho nitro benzene ring substituents is 1. The first-order valence-electron chi connectivity index (χ1n) is 8.88. The molecule has 2 N–H and O–H groups in total. The Balaban J connectivity index is 2.07. The maximum Gasteiger partial charge on any atom is 0.269 e. The Hall–Kier alpha value is -2.76. The molecule has 0 spiro atoms. The van der Waals surface area contributed by atoms with E-state index >= 15 is 0 Å². The van der Waals surface area contributed by atoms with Crippen molar-refractivity contribution in [2.45, 2.75) is 24.3 Å². The monoisotopic (exact) mass is 450 g/mol. The van der Waals surface area contributed by atoms with Crippen LogP contribution in [0.25, 0.3) is 0 Å². The number of hydrazone groups is 1. The number of carbonyl (C=O) groups is 1. The number of nitro groups is 1. The molecule has 0 aromatic heterocycles. The van der Waals surface area contributed by atoms with Gasteiger partial charge in [-0.3, -0.25) is 14.9 Å². The third kappa shape index (κ3) is 6.94. The van der Waals surface area contributed by atoms with Gasteiger partial charge in [0.15, 0.2) is 0 Å². The molecular weight excluding hydrogens is 428 g/mol. The van der Waals surface area contributed by atoms with E-state index in [1.165, 1.54) is 54.4 Å². The minimum atomic E-state index is -3.88. The minimum absolute atomic E-state index is 0.0566. The van der Waals surface area contributed by atoms with Crippen molar-refractivity contribution < 1.29 is 18.1 Å². The summed E-state index contributed by atoms with van der Waals surface area (Å²) in [6.45, 7) is 1.85. The van der Waals surface area contributed by atoms with E-state index < -0.39 is 26.9 Å². The maximum atomic E-state index is 12.6. The molecule has 0 unspecified atom stereocenters. The van der Waals surface area contributed by atoms with Crippen LogP contribution < -0.4 is 10.1 Å². The van der Waals surface area contributed by atoms with Crippen LogP contribution in [0.2, 0.25) is 0 Å². The largest absolute Gasteiger partial charge is 0.271 e. The Morgan fingerprint density at radius 3 is 2.40 bits per heavy atom. The van der Waals surface area contributed by atoms with E-state index in [-0.39, 0.29) is 17.0 Å². The number of nitrogens with one attached hydrogen (secondary N) is 2. The third-order valence-corrected chi connectivity index (χ3v) is 6.18. The second kappa shape index (κ2) is 10.9. The molecular formula is C19H22N4O5S2. The highest BCUT2D eigenvalue weighted by atomic mass is 32.2. The number of hydrogen-bond acceptors (Lipinski definition) is 7. The number of carbonyl (C=O) groups excluding carboxylic acids is 1. The van der Waals surface area contributed by atoms with Crippen molar-refractivity contribution >= 4 is 39.6 Å². The molecule has 160 valence electrons. The van der Waals surface area contributed by atoms with Gasteiger partial charge in [-0.25, -0.2) is 13.8 Å². The van der Waals surface area contributed by atoms with Crippen LogP contribution >= 0.6 is 11.8 Å². The van der Waals surface area contributed by atoms with Crippen molar-refractivity contribution in [1.82, 2.24) is 10.1 Å². The van der Waals surface area contributed by atoms with E-state index in [4.69, 9.17) is 0 Å². The van der Waals surface area contributed by atoms with Crippen LogP contribution in [0.4, 0.5) is 5.69 Å². The fraction of sp³-hybridized carbons (Fsp3) is 0.263. The summed E-state index contributed by atoms with van der Waals surface area (Å²) in [5, 5.41) is 14.5. The van der Waals surface area contributed by atoms with Gasteiger partial charge in [-0.2, -0.15) is 21.6 Å². The van der Waals surface area contributed by atoms with Crippen molar-refractivity contribution in [3.05, 3.63) is 69.8 Å². The van der Waals surface area contributed by atoms with Crippen LogP contribution in [0.5, 0.6) is 0 Å². The molecule has 2 rings (SSSR count). The third-order valence-electron chi connectivity index (χ3n) is 4.05. The van der Waals surface area contributed by atoms with E-state index in [1.54, 1.807) is 12.1 Å². The zero-order chi connectivity index (χ0) is 22.1. The molecule has 2 aromatic rings. The Bertz CT molecular complexity index is 1010. The fourth-order valence-electron chi connectivity index (χ4n) is 2.38. The van der Waals surface area contributed by atoms with Crippen LogP contribution in [0, 0.1) is 17.0 Å². The van der Waals surface area contributed by atoms with E-state index in [2.05, 4.69) is 15.2 Å². The molecule has 0 saturated carbocycles. The lowest BCUT2D eigenvalue weighted by molar-refractivity contribution is -0.384. The molecule has 0 aliphatic rings. The number of amides is 1. The van der Waals surface area contributed by atoms with Gasteiger partial charge in [0, 0.05) is 12.1 Å². The number of nitrogens with zero attached hydrogens (tertiary/aromatic N) is 2. The van der Waals surface area contributed by atoms with Gasteiger partial charge in [0.25, 0.3) is 11.6 Å². The molecule has 11 heteroatoms. The highest BCUT2D eigenvalue weighted by Crippen LogP contribution is 2.13. The van der Waals surface area contributed by atoms with Gasteiger partial charge in [-0.1, -0.05) is 17.7 Å². The van der Waals surface area contributed by atoms with Crippen molar-refractivity contribution in [3.63, 3.8) is 0 Å². The summed E-state index contributed by atoms with van der Waals surface area (Å²) in [6.07, 6.45) is 3.46. The maximum absolute atomic E-state index is 12.6. The summed E-state index contributed by atoms with van der Waals surface area (Å²) in [4.78, 5) is 22.7. The first kappa shape index (κ1) is 23.5. The molecule has 0 aliphatic carbocycles. The summed E-state index contributed by atoms with van der Waals surface area (Å²) in [6, 6.07) is 10.9. The van der Waals surface area contributed by atoms with Crippen LogP contribution in [0.15, 0.2) is 58.5 Å². The fourth-order valence-corrected chi connectivity index (χ4v) is 4.08. The van der Waals surface area contributed by atoms with Crippen LogP contribution in [-0.2, 0) is 14.8 Å². The molecule has 0 fully saturated rings. The lowest BCUT2D eigenvalue weighted by atomic mass is 10.2. The summed E-state index contributed by atoms with van der Waals surface area (Å²) in [5.74, 6) is -0.0292. The highest BCUT2D eigenvalue weighted by Gasteiger charge is 2.25. The van der Waals surface area contributed by atoms with Crippen molar-refractivity contribution in [3.8, 4) is 0 Å². The van der Waals surface area contributed by atoms with Crippen molar-refractivity contribution in [2.75, 3.05) is 12.0 Å². The predicted molar refractivity (Wildman–Crippen MR) is 117 cm³/mol.